The normalized spacial score (nSPS) is 17.5. The quantitative estimate of drug-likeness (QED) is 0.704. The van der Waals surface area contributed by atoms with E-state index in [1.807, 2.05) is 62.9 Å². The first kappa shape index (κ1) is 16.7. The molecule has 3 heterocycles. The number of aromatic nitrogens is 4. The number of ether oxygens (including phenoxy) is 1. The molecule has 134 valence electrons. The predicted molar refractivity (Wildman–Crippen MR) is 98.9 cm³/mol. The molecule has 0 aliphatic carbocycles. The van der Waals surface area contributed by atoms with Crippen LogP contribution in [0.25, 0.3) is 0 Å². The first-order chi connectivity index (χ1) is 12.7. The van der Waals surface area contributed by atoms with Crippen LogP contribution in [-0.2, 0) is 13.6 Å². The Balaban J connectivity index is 1.57. The lowest BCUT2D eigenvalue weighted by atomic mass is 10.2. The lowest BCUT2D eigenvalue weighted by Crippen LogP contribution is -2.25. The van der Waals surface area contributed by atoms with Gasteiger partial charge in [0.15, 0.2) is 0 Å². The fourth-order valence-corrected chi connectivity index (χ4v) is 3.43. The molecule has 1 aromatic carbocycles. The standard InChI is InChI=1S/C20H23N5O/c1-15-11-19(26-17-7-4-3-5-8-17)23-20(22-15)18-9-6-10-25(18)13-16-12-21-14-24(16)2/h3-5,7-8,11-12,14,18H,6,9-10,13H2,1-2H3/t18-/m0/s1. The number of para-hydroxylation sites is 1. The van der Waals surface area contributed by atoms with Crippen molar-refractivity contribution in [2.75, 3.05) is 6.54 Å². The van der Waals surface area contributed by atoms with E-state index in [0.29, 0.717) is 5.88 Å². The smallest absolute Gasteiger partial charge is 0.222 e. The summed E-state index contributed by atoms with van der Waals surface area (Å²) < 4.78 is 8.00. The molecular formula is C20H23N5O. The second-order valence-corrected chi connectivity index (χ2v) is 6.75. The van der Waals surface area contributed by atoms with Gasteiger partial charge < -0.3 is 9.30 Å². The fourth-order valence-electron chi connectivity index (χ4n) is 3.43. The molecule has 0 spiro atoms. The molecule has 0 amide bonds. The zero-order chi connectivity index (χ0) is 17.9. The minimum atomic E-state index is 0.211. The second kappa shape index (κ2) is 7.25. The molecule has 6 nitrogen and oxygen atoms in total. The van der Waals surface area contributed by atoms with E-state index in [9.17, 15) is 0 Å². The molecule has 1 atom stereocenters. The van der Waals surface area contributed by atoms with Gasteiger partial charge in [-0.15, -0.1) is 0 Å². The molecular weight excluding hydrogens is 326 g/mol. The number of rotatable bonds is 5. The Morgan fingerprint density at radius 1 is 1.19 bits per heavy atom. The maximum atomic E-state index is 5.94. The predicted octanol–water partition coefficient (Wildman–Crippen LogP) is 3.65. The van der Waals surface area contributed by atoms with E-state index in [1.165, 1.54) is 5.69 Å². The Hall–Kier alpha value is -2.73. The third kappa shape index (κ3) is 3.60. The third-order valence-electron chi connectivity index (χ3n) is 4.76. The van der Waals surface area contributed by atoms with Crippen molar-refractivity contribution in [3.8, 4) is 11.6 Å². The van der Waals surface area contributed by atoms with Crippen molar-refractivity contribution < 1.29 is 4.74 Å². The molecule has 1 aliphatic rings. The van der Waals surface area contributed by atoms with E-state index in [-0.39, 0.29) is 6.04 Å². The summed E-state index contributed by atoms with van der Waals surface area (Å²) in [5.74, 6) is 2.23. The summed E-state index contributed by atoms with van der Waals surface area (Å²) in [6.07, 6.45) is 5.98. The molecule has 4 rings (SSSR count). The lowest BCUT2D eigenvalue weighted by molar-refractivity contribution is 0.233. The Labute approximate surface area is 153 Å². The minimum Gasteiger partial charge on any atom is -0.439 e. The van der Waals surface area contributed by atoms with Crippen LogP contribution in [0.5, 0.6) is 11.6 Å². The van der Waals surface area contributed by atoms with Gasteiger partial charge in [-0.25, -0.2) is 9.97 Å². The van der Waals surface area contributed by atoms with E-state index in [2.05, 4.69) is 14.5 Å². The molecule has 6 heteroatoms. The monoisotopic (exact) mass is 349 g/mol. The molecule has 1 saturated heterocycles. The Morgan fingerprint density at radius 2 is 2.04 bits per heavy atom. The summed E-state index contributed by atoms with van der Waals surface area (Å²) in [5.41, 5.74) is 2.12. The van der Waals surface area contributed by atoms with Gasteiger partial charge in [0.25, 0.3) is 0 Å². The van der Waals surface area contributed by atoms with Gasteiger partial charge >= 0.3 is 0 Å². The van der Waals surface area contributed by atoms with Gasteiger partial charge in [-0.3, -0.25) is 4.90 Å². The Bertz CT molecular complexity index is 877. The van der Waals surface area contributed by atoms with Crippen LogP contribution in [-0.4, -0.2) is 31.0 Å². The molecule has 0 saturated carbocycles. The van der Waals surface area contributed by atoms with E-state index in [0.717, 1.165) is 43.2 Å². The van der Waals surface area contributed by atoms with Crippen molar-refractivity contribution in [1.82, 2.24) is 24.4 Å². The van der Waals surface area contributed by atoms with Crippen molar-refractivity contribution in [1.29, 1.82) is 0 Å². The average molecular weight is 349 g/mol. The topological polar surface area (TPSA) is 56.1 Å². The second-order valence-electron chi connectivity index (χ2n) is 6.75. The molecule has 0 N–H and O–H groups in total. The van der Waals surface area contributed by atoms with E-state index in [4.69, 9.17) is 14.7 Å². The molecule has 1 fully saturated rings. The number of imidazole rings is 1. The third-order valence-corrected chi connectivity index (χ3v) is 4.76. The molecule has 0 bridgehead atoms. The largest absolute Gasteiger partial charge is 0.439 e. The van der Waals surface area contributed by atoms with Gasteiger partial charge in [0.2, 0.25) is 5.88 Å². The van der Waals surface area contributed by atoms with Gasteiger partial charge in [0, 0.05) is 31.5 Å². The number of hydrogen-bond acceptors (Lipinski definition) is 5. The van der Waals surface area contributed by atoms with Crippen LogP contribution in [0.1, 0.15) is 36.1 Å². The van der Waals surface area contributed by atoms with Crippen molar-refractivity contribution >= 4 is 0 Å². The van der Waals surface area contributed by atoms with Crippen LogP contribution in [0, 0.1) is 6.92 Å². The first-order valence-electron chi connectivity index (χ1n) is 8.97. The summed E-state index contributed by atoms with van der Waals surface area (Å²) in [5, 5.41) is 0. The number of benzene rings is 1. The van der Waals surface area contributed by atoms with Crippen molar-refractivity contribution in [3.63, 3.8) is 0 Å². The molecule has 3 aromatic rings. The minimum absolute atomic E-state index is 0.211. The van der Waals surface area contributed by atoms with Crippen LogP contribution in [0.4, 0.5) is 0 Å². The van der Waals surface area contributed by atoms with Gasteiger partial charge in [-0.2, -0.15) is 4.98 Å². The first-order valence-corrected chi connectivity index (χ1v) is 8.97. The molecule has 0 unspecified atom stereocenters. The number of likely N-dealkylation sites (tertiary alicyclic amines) is 1. The van der Waals surface area contributed by atoms with Crippen molar-refractivity contribution in [2.24, 2.45) is 7.05 Å². The van der Waals surface area contributed by atoms with Crippen molar-refractivity contribution in [2.45, 2.75) is 32.4 Å². The average Bonchev–Trinajstić information content (AvgIpc) is 3.25. The van der Waals surface area contributed by atoms with Gasteiger partial charge in [0.05, 0.1) is 18.1 Å². The highest BCUT2D eigenvalue weighted by atomic mass is 16.5. The summed E-state index contributed by atoms with van der Waals surface area (Å²) in [4.78, 5) is 16.1. The van der Waals surface area contributed by atoms with Crippen LogP contribution in [0.15, 0.2) is 48.9 Å². The van der Waals surface area contributed by atoms with E-state index < -0.39 is 0 Å². The zero-order valence-corrected chi connectivity index (χ0v) is 15.2. The van der Waals surface area contributed by atoms with Gasteiger partial charge in [-0.1, -0.05) is 18.2 Å². The van der Waals surface area contributed by atoms with Gasteiger partial charge in [-0.05, 0) is 38.4 Å². The van der Waals surface area contributed by atoms with Crippen LogP contribution in [0.2, 0.25) is 0 Å². The van der Waals surface area contributed by atoms with Crippen molar-refractivity contribution in [3.05, 3.63) is 66.1 Å². The molecule has 2 aromatic heterocycles. The molecule has 26 heavy (non-hydrogen) atoms. The highest BCUT2D eigenvalue weighted by Crippen LogP contribution is 2.32. The summed E-state index contributed by atoms with van der Waals surface area (Å²) >= 11 is 0. The lowest BCUT2D eigenvalue weighted by Gasteiger charge is -2.23. The zero-order valence-electron chi connectivity index (χ0n) is 15.2. The SMILES string of the molecule is Cc1cc(Oc2ccccc2)nc([C@@H]2CCCN2Cc2cncn2C)n1. The molecule has 0 radical (unpaired) electrons. The van der Waals surface area contributed by atoms with E-state index in [1.54, 1.807) is 0 Å². The summed E-state index contributed by atoms with van der Waals surface area (Å²) in [6.45, 7) is 3.89. The fraction of sp³-hybridized carbons (Fsp3) is 0.350. The maximum absolute atomic E-state index is 5.94. The van der Waals surface area contributed by atoms with Gasteiger partial charge in [0.1, 0.15) is 11.6 Å². The van der Waals surface area contributed by atoms with Crippen LogP contribution >= 0.6 is 0 Å². The Morgan fingerprint density at radius 3 is 2.81 bits per heavy atom. The Kier molecular flexibility index (Phi) is 4.67. The number of nitrogens with zero attached hydrogens (tertiary/aromatic N) is 5. The van der Waals surface area contributed by atoms with Crippen LogP contribution < -0.4 is 4.74 Å². The van der Waals surface area contributed by atoms with E-state index >= 15 is 0 Å². The highest BCUT2D eigenvalue weighted by molar-refractivity contribution is 5.27. The number of hydrogen-bond donors (Lipinski definition) is 0. The summed E-state index contributed by atoms with van der Waals surface area (Å²) in [7, 11) is 2.03. The highest BCUT2D eigenvalue weighted by Gasteiger charge is 2.29. The molecule has 1 aliphatic heterocycles. The maximum Gasteiger partial charge on any atom is 0.222 e. The summed E-state index contributed by atoms with van der Waals surface area (Å²) in [6, 6.07) is 11.8. The number of aryl methyl sites for hydroxylation is 2. The van der Waals surface area contributed by atoms with Crippen LogP contribution in [0.3, 0.4) is 0 Å².